The van der Waals surface area contributed by atoms with Gasteiger partial charge in [0.25, 0.3) is 10.0 Å². The van der Waals surface area contributed by atoms with Gasteiger partial charge in [0.2, 0.25) is 5.91 Å². The number of aryl methyl sites for hydroxylation is 2. The van der Waals surface area contributed by atoms with Gasteiger partial charge in [0.15, 0.2) is 0 Å². The summed E-state index contributed by atoms with van der Waals surface area (Å²) < 4.78 is 33.5. The number of carbonyl (C=O) groups excluding carboxylic acids is 1. The third-order valence-corrected chi connectivity index (χ3v) is 7.31. The van der Waals surface area contributed by atoms with Gasteiger partial charge in [-0.2, -0.15) is 0 Å². The number of hydrogen-bond acceptors (Lipinski definition) is 4. The molecule has 0 aliphatic carbocycles. The number of ether oxygens (including phenoxy) is 1. The fourth-order valence-electron chi connectivity index (χ4n) is 3.68. The van der Waals surface area contributed by atoms with Gasteiger partial charge in [-0.15, -0.1) is 0 Å². The van der Waals surface area contributed by atoms with Crippen molar-refractivity contribution in [1.82, 2.24) is 5.32 Å². The van der Waals surface area contributed by atoms with Gasteiger partial charge in [-0.05, 0) is 62.2 Å². The predicted molar refractivity (Wildman–Crippen MR) is 131 cm³/mol. The molecule has 3 aromatic carbocycles. The van der Waals surface area contributed by atoms with E-state index in [2.05, 4.69) is 5.32 Å². The minimum absolute atomic E-state index is 0.0576. The normalized spacial score (nSPS) is 12.2. The summed E-state index contributed by atoms with van der Waals surface area (Å²) in [5, 5.41) is 3.24. The smallest absolute Gasteiger partial charge is 0.264 e. The molecular formula is C25H27ClN2O4S. The van der Waals surface area contributed by atoms with Crippen LogP contribution < -0.4 is 14.4 Å². The summed E-state index contributed by atoms with van der Waals surface area (Å²) in [5.41, 5.74) is 3.32. The Morgan fingerprint density at radius 1 is 1.06 bits per heavy atom. The van der Waals surface area contributed by atoms with Crippen LogP contribution in [0.15, 0.2) is 71.6 Å². The zero-order chi connectivity index (χ0) is 24.2. The van der Waals surface area contributed by atoms with Gasteiger partial charge < -0.3 is 10.1 Å². The maximum atomic E-state index is 13.5. The molecule has 0 heterocycles. The van der Waals surface area contributed by atoms with E-state index in [1.165, 1.54) is 25.3 Å². The van der Waals surface area contributed by atoms with Crippen LogP contribution >= 0.6 is 11.6 Å². The Hall–Kier alpha value is -3.03. The lowest BCUT2D eigenvalue weighted by Gasteiger charge is -2.27. The molecule has 3 aromatic rings. The maximum Gasteiger partial charge on any atom is 0.264 e. The number of methoxy groups -OCH3 is 1. The molecule has 8 heteroatoms. The molecule has 3 rings (SSSR count). The monoisotopic (exact) mass is 486 g/mol. The highest BCUT2D eigenvalue weighted by Crippen LogP contribution is 2.34. The molecule has 0 aliphatic rings. The molecule has 1 atom stereocenters. The second kappa shape index (κ2) is 10.3. The zero-order valence-electron chi connectivity index (χ0n) is 19.0. The van der Waals surface area contributed by atoms with Crippen LogP contribution in [0.4, 0.5) is 5.69 Å². The molecule has 0 bridgehead atoms. The Labute approximate surface area is 200 Å². The van der Waals surface area contributed by atoms with Crippen LogP contribution in [0, 0.1) is 13.8 Å². The van der Waals surface area contributed by atoms with Gasteiger partial charge in [-0.3, -0.25) is 9.10 Å². The number of hydrogen-bond donors (Lipinski definition) is 1. The molecule has 0 saturated carbocycles. The molecular weight excluding hydrogens is 460 g/mol. The van der Waals surface area contributed by atoms with Gasteiger partial charge in [-0.25, -0.2) is 8.42 Å². The van der Waals surface area contributed by atoms with Gasteiger partial charge in [0.1, 0.15) is 12.3 Å². The largest absolute Gasteiger partial charge is 0.495 e. The molecule has 0 spiro atoms. The van der Waals surface area contributed by atoms with Gasteiger partial charge in [0.05, 0.1) is 23.7 Å². The van der Waals surface area contributed by atoms with Crippen LogP contribution in [-0.2, 0) is 14.8 Å². The first-order valence-electron chi connectivity index (χ1n) is 10.4. The Balaban J connectivity index is 1.97. The van der Waals surface area contributed by atoms with Gasteiger partial charge in [0, 0.05) is 5.02 Å². The molecule has 0 saturated heterocycles. The Kier molecular flexibility index (Phi) is 7.66. The Bertz CT molecular complexity index is 1250. The van der Waals surface area contributed by atoms with E-state index in [0.29, 0.717) is 5.02 Å². The van der Waals surface area contributed by atoms with E-state index in [-0.39, 0.29) is 22.4 Å². The number of benzene rings is 3. The van der Waals surface area contributed by atoms with Crippen LogP contribution in [0.3, 0.4) is 0 Å². The highest BCUT2D eigenvalue weighted by atomic mass is 35.5. The van der Waals surface area contributed by atoms with Crippen molar-refractivity contribution in [3.05, 3.63) is 88.4 Å². The number of halogens is 1. The Morgan fingerprint density at radius 3 is 2.39 bits per heavy atom. The van der Waals surface area contributed by atoms with Gasteiger partial charge in [-0.1, -0.05) is 53.6 Å². The van der Waals surface area contributed by atoms with Crippen molar-refractivity contribution in [2.75, 3.05) is 18.0 Å². The summed E-state index contributed by atoms with van der Waals surface area (Å²) in [5.74, 6) is -0.168. The predicted octanol–water partition coefficient (Wildman–Crippen LogP) is 5.04. The van der Waals surface area contributed by atoms with E-state index in [4.69, 9.17) is 16.3 Å². The highest BCUT2D eigenvalue weighted by molar-refractivity contribution is 7.92. The van der Waals surface area contributed by atoms with Crippen molar-refractivity contribution in [3.63, 3.8) is 0 Å². The maximum absolute atomic E-state index is 13.5. The van der Waals surface area contributed by atoms with Crippen molar-refractivity contribution < 1.29 is 17.9 Å². The molecule has 0 radical (unpaired) electrons. The topological polar surface area (TPSA) is 75.7 Å². The van der Waals surface area contributed by atoms with Crippen LogP contribution in [0.25, 0.3) is 0 Å². The first kappa shape index (κ1) is 24.6. The SMILES string of the molecule is COc1ccc(Cl)cc1N(CC(=O)N[C@@H](C)c1ccc(C)cc1C)S(=O)(=O)c1ccccc1. The zero-order valence-corrected chi connectivity index (χ0v) is 20.6. The fourth-order valence-corrected chi connectivity index (χ4v) is 5.29. The van der Waals surface area contributed by atoms with Crippen molar-refractivity contribution >= 4 is 33.2 Å². The average Bonchev–Trinajstić information content (AvgIpc) is 2.77. The van der Waals surface area contributed by atoms with E-state index in [1.54, 1.807) is 30.3 Å². The number of carbonyl (C=O) groups is 1. The highest BCUT2D eigenvalue weighted by Gasteiger charge is 2.30. The lowest BCUT2D eigenvalue weighted by atomic mass is 10.0. The molecule has 1 N–H and O–H groups in total. The van der Waals surface area contributed by atoms with Gasteiger partial charge >= 0.3 is 0 Å². The minimum Gasteiger partial charge on any atom is -0.495 e. The standard InChI is InChI=1S/C25H27ClN2O4S/c1-17-10-12-22(18(2)14-17)19(3)27-25(29)16-28(23-15-20(26)11-13-24(23)32-4)33(30,31)21-8-6-5-7-9-21/h5-15,19H,16H2,1-4H3,(H,27,29)/t19-/m0/s1. The lowest BCUT2D eigenvalue weighted by Crippen LogP contribution is -2.41. The third kappa shape index (κ3) is 5.67. The van der Waals surface area contributed by atoms with Crippen LogP contribution in [-0.4, -0.2) is 28.0 Å². The van der Waals surface area contributed by atoms with Crippen molar-refractivity contribution in [1.29, 1.82) is 0 Å². The van der Waals surface area contributed by atoms with E-state index in [1.807, 2.05) is 39.0 Å². The number of anilines is 1. The van der Waals surface area contributed by atoms with Crippen LogP contribution in [0.5, 0.6) is 5.75 Å². The molecule has 1 amide bonds. The van der Waals surface area contributed by atoms with Crippen LogP contribution in [0.2, 0.25) is 5.02 Å². The van der Waals surface area contributed by atoms with Crippen molar-refractivity contribution in [2.45, 2.75) is 31.7 Å². The van der Waals surface area contributed by atoms with E-state index in [9.17, 15) is 13.2 Å². The third-order valence-electron chi connectivity index (χ3n) is 5.30. The molecule has 174 valence electrons. The molecule has 0 fully saturated rings. The molecule has 0 unspecified atom stereocenters. The first-order valence-corrected chi connectivity index (χ1v) is 12.2. The number of sulfonamides is 1. The number of nitrogens with one attached hydrogen (secondary N) is 1. The summed E-state index contributed by atoms with van der Waals surface area (Å²) in [7, 11) is -2.65. The molecule has 6 nitrogen and oxygen atoms in total. The van der Waals surface area contributed by atoms with E-state index >= 15 is 0 Å². The number of rotatable bonds is 8. The number of nitrogens with zero attached hydrogens (tertiary/aromatic N) is 1. The average molecular weight is 487 g/mol. The van der Waals surface area contributed by atoms with E-state index < -0.39 is 22.5 Å². The first-order chi connectivity index (χ1) is 15.6. The Morgan fingerprint density at radius 2 is 1.76 bits per heavy atom. The number of amides is 1. The summed E-state index contributed by atoms with van der Waals surface area (Å²) in [6.07, 6.45) is 0. The summed E-state index contributed by atoms with van der Waals surface area (Å²) >= 11 is 6.17. The summed E-state index contributed by atoms with van der Waals surface area (Å²) in [4.78, 5) is 13.1. The minimum atomic E-state index is -4.08. The summed E-state index contributed by atoms with van der Waals surface area (Å²) in [6, 6.07) is 18.3. The second-order valence-electron chi connectivity index (χ2n) is 7.79. The lowest BCUT2D eigenvalue weighted by molar-refractivity contribution is -0.120. The fraction of sp³-hybridized carbons (Fsp3) is 0.240. The molecule has 0 aliphatic heterocycles. The van der Waals surface area contributed by atoms with Crippen molar-refractivity contribution in [2.24, 2.45) is 0 Å². The quantitative estimate of drug-likeness (QED) is 0.484. The van der Waals surface area contributed by atoms with E-state index in [0.717, 1.165) is 21.0 Å². The van der Waals surface area contributed by atoms with Crippen LogP contribution in [0.1, 0.15) is 29.7 Å². The van der Waals surface area contributed by atoms with Crippen molar-refractivity contribution in [3.8, 4) is 5.75 Å². The molecule has 0 aromatic heterocycles. The molecule has 33 heavy (non-hydrogen) atoms. The summed E-state index contributed by atoms with van der Waals surface area (Å²) in [6.45, 7) is 5.41. The second-order valence-corrected chi connectivity index (χ2v) is 10.1.